The molecule has 0 aliphatic heterocycles. The van der Waals surface area contributed by atoms with Crippen molar-refractivity contribution >= 4 is 56.0 Å². The van der Waals surface area contributed by atoms with Crippen molar-refractivity contribution in [1.29, 1.82) is 5.26 Å². The molecule has 0 spiro atoms. The van der Waals surface area contributed by atoms with E-state index in [1.165, 1.54) is 18.0 Å². The number of aromatic amines is 1. The third-order valence-electron chi connectivity index (χ3n) is 3.49. The first-order valence-corrected chi connectivity index (χ1v) is 9.54. The van der Waals surface area contributed by atoms with Gasteiger partial charge in [-0.3, -0.25) is 9.59 Å². The van der Waals surface area contributed by atoms with Crippen molar-refractivity contribution in [2.24, 2.45) is 0 Å². The van der Waals surface area contributed by atoms with Crippen LogP contribution >= 0.6 is 39.3 Å². The van der Waals surface area contributed by atoms with E-state index in [1.807, 2.05) is 6.07 Å². The van der Waals surface area contributed by atoms with Gasteiger partial charge in [-0.1, -0.05) is 39.3 Å². The number of carbonyl (C=O) groups excluding carboxylic acids is 1. The zero-order valence-corrected chi connectivity index (χ0v) is 16.3. The van der Waals surface area contributed by atoms with Crippen LogP contribution < -0.4 is 5.56 Å². The maximum Gasteiger partial charge on any atom is 0.258 e. The molecule has 3 rings (SSSR count). The highest BCUT2D eigenvalue weighted by Gasteiger charge is 2.28. The SMILES string of the molecule is CSc1ncc(Cl)c(C(=O)C(C#N)c2nc3ccc(Br)cc3c(=O)[nH]2)n1. The highest BCUT2D eigenvalue weighted by molar-refractivity contribution is 9.10. The number of benzene rings is 1. The Morgan fingerprint density at radius 2 is 2.19 bits per heavy atom. The van der Waals surface area contributed by atoms with Gasteiger partial charge in [0.15, 0.2) is 11.1 Å². The smallest absolute Gasteiger partial charge is 0.258 e. The largest absolute Gasteiger partial charge is 0.308 e. The van der Waals surface area contributed by atoms with Gasteiger partial charge in [0.25, 0.3) is 5.56 Å². The Kier molecular flexibility index (Phi) is 5.36. The van der Waals surface area contributed by atoms with E-state index in [-0.39, 0.29) is 16.5 Å². The van der Waals surface area contributed by atoms with Crippen molar-refractivity contribution in [2.75, 3.05) is 6.26 Å². The average Bonchev–Trinajstić information content (AvgIpc) is 2.63. The van der Waals surface area contributed by atoms with Gasteiger partial charge in [0.05, 0.1) is 28.2 Å². The van der Waals surface area contributed by atoms with E-state index < -0.39 is 17.3 Å². The van der Waals surface area contributed by atoms with Crippen LogP contribution in [0.1, 0.15) is 22.2 Å². The van der Waals surface area contributed by atoms with E-state index in [2.05, 4.69) is 35.9 Å². The molecule has 0 radical (unpaired) electrons. The Hall–Kier alpha value is -2.28. The van der Waals surface area contributed by atoms with Gasteiger partial charge in [0.1, 0.15) is 11.5 Å². The summed E-state index contributed by atoms with van der Waals surface area (Å²) in [5, 5.41) is 10.2. The number of rotatable bonds is 4. The lowest BCUT2D eigenvalue weighted by molar-refractivity contribution is 0.0970. The van der Waals surface area contributed by atoms with E-state index in [0.717, 1.165) is 4.47 Å². The van der Waals surface area contributed by atoms with Crippen molar-refractivity contribution < 1.29 is 4.79 Å². The van der Waals surface area contributed by atoms with E-state index in [9.17, 15) is 14.9 Å². The molecule has 0 saturated carbocycles. The maximum atomic E-state index is 12.8. The third kappa shape index (κ3) is 3.49. The van der Waals surface area contributed by atoms with E-state index in [1.54, 1.807) is 24.5 Å². The molecule has 26 heavy (non-hydrogen) atoms. The molecule has 7 nitrogen and oxygen atoms in total. The monoisotopic (exact) mass is 449 g/mol. The molecule has 1 atom stereocenters. The van der Waals surface area contributed by atoms with Crippen LogP contribution in [0.5, 0.6) is 0 Å². The summed E-state index contributed by atoms with van der Waals surface area (Å²) >= 11 is 10.5. The predicted octanol–water partition coefficient (Wildman–Crippen LogP) is 3.34. The van der Waals surface area contributed by atoms with E-state index in [0.29, 0.717) is 16.1 Å². The van der Waals surface area contributed by atoms with Crippen LogP contribution in [0, 0.1) is 11.3 Å². The summed E-state index contributed by atoms with van der Waals surface area (Å²) in [6.07, 6.45) is 3.05. The number of nitrogens with one attached hydrogen (secondary N) is 1. The van der Waals surface area contributed by atoms with E-state index in [4.69, 9.17) is 11.6 Å². The lowest BCUT2D eigenvalue weighted by atomic mass is 10.0. The summed E-state index contributed by atoms with van der Waals surface area (Å²) in [7, 11) is 0. The number of carbonyl (C=O) groups is 1. The summed E-state index contributed by atoms with van der Waals surface area (Å²) in [5.74, 6) is -2.06. The molecule has 1 aromatic carbocycles. The van der Waals surface area contributed by atoms with Gasteiger partial charge < -0.3 is 4.98 Å². The summed E-state index contributed by atoms with van der Waals surface area (Å²) < 4.78 is 0.718. The van der Waals surface area contributed by atoms with Crippen LogP contribution in [0.15, 0.2) is 38.8 Å². The van der Waals surface area contributed by atoms with Gasteiger partial charge in [-0.15, -0.1) is 0 Å². The average molecular weight is 451 g/mol. The molecule has 0 amide bonds. The molecule has 3 aromatic rings. The molecule has 1 N–H and O–H groups in total. The predicted molar refractivity (Wildman–Crippen MR) is 102 cm³/mol. The minimum Gasteiger partial charge on any atom is -0.308 e. The quantitative estimate of drug-likeness (QED) is 0.368. The maximum absolute atomic E-state index is 12.8. The number of hydrogen-bond donors (Lipinski definition) is 1. The molecule has 0 saturated heterocycles. The standard InChI is InChI=1S/C16H9BrClN5O2S/c1-26-16-20-6-10(18)12(22-16)13(24)9(5-19)14-21-11-3-2-7(17)4-8(11)15(25)23-14/h2-4,6,9H,1H3,(H,21,23,25). The van der Waals surface area contributed by atoms with Gasteiger partial charge in [-0.05, 0) is 24.5 Å². The number of thioether (sulfide) groups is 1. The van der Waals surface area contributed by atoms with Crippen LogP contribution in [0.4, 0.5) is 0 Å². The highest BCUT2D eigenvalue weighted by atomic mass is 79.9. The number of hydrogen-bond acceptors (Lipinski definition) is 7. The second-order valence-electron chi connectivity index (χ2n) is 5.09. The normalized spacial score (nSPS) is 11.9. The van der Waals surface area contributed by atoms with Crippen LogP contribution in [-0.2, 0) is 0 Å². The van der Waals surface area contributed by atoms with Gasteiger partial charge in [0, 0.05) is 4.47 Å². The fraction of sp³-hybridized carbons (Fsp3) is 0.125. The van der Waals surface area contributed by atoms with Gasteiger partial charge in [-0.25, -0.2) is 15.0 Å². The number of Topliss-reactive ketones (excluding diaryl/α,β-unsaturated/α-hetero) is 1. The van der Waals surface area contributed by atoms with E-state index >= 15 is 0 Å². The molecule has 2 heterocycles. The number of nitrogens with zero attached hydrogens (tertiary/aromatic N) is 4. The lowest BCUT2D eigenvalue weighted by Crippen LogP contribution is -2.21. The highest BCUT2D eigenvalue weighted by Crippen LogP contribution is 2.24. The topological polar surface area (TPSA) is 112 Å². The van der Waals surface area contributed by atoms with Gasteiger partial charge in [-0.2, -0.15) is 5.26 Å². The summed E-state index contributed by atoms with van der Waals surface area (Å²) in [5.41, 5.74) is -0.160. The number of halogens is 2. The van der Waals surface area contributed by atoms with Gasteiger partial charge in [0.2, 0.25) is 5.78 Å². The van der Waals surface area contributed by atoms with Crippen molar-refractivity contribution in [3.8, 4) is 6.07 Å². The summed E-state index contributed by atoms with van der Waals surface area (Å²) in [4.78, 5) is 39.9. The number of nitriles is 1. The summed E-state index contributed by atoms with van der Waals surface area (Å²) in [6, 6.07) is 6.82. The fourth-order valence-electron chi connectivity index (χ4n) is 2.27. The minimum atomic E-state index is -1.35. The Labute approximate surface area is 165 Å². The molecule has 0 fully saturated rings. The Morgan fingerprint density at radius 1 is 1.42 bits per heavy atom. The Bertz CT molecular complexity index is 1130. The Morgan fingerprint density at radius 3 is 2.88 bits per heavy atom. The number of ketones is 1. The van der Waals surface area contributed by atoms with Crippen molar-refractivity contribution in [1.82, 2.24) is 19.9 Å². The van der Waals surface area contributed by atoms with Gasteiger partial charge >= 0.3 is 0 Å². The molecule has 130 valence electrons. The fourth-order valence-corrected chi connectivity index (χ4v) is 3.15. The van der Waals surface area contributed by atoms with Crippen molar-refractivity contribution in [3.63, 3.8) is 0 Å². The molecule has 0 bridgehead atoms. The zero-order valence-electron chi connectivity index (χ0n) is 13.2. The molecule has 10 heteroatoms. The number of aromatic nitrogens is 4. The zero-order chi connectivity index (χ0) is 18.8. The van der Waals surface area contributed by atoms with Crippen LogP contribution in [0.3, 0.4) is 0 Å². The molecule has 1 unspecified atom stereocenters. The molecule has 2 aromatic heterocycles. The van der Waals surface area contributed by atoms with Crippen molar-refractivity contribution in [2.45, 2.75) is 11.1 Å². The van der Waals surface area contributed by atoms with Crippen LogP contribution in [-0.4, -0.2) is 32.0 Å². The molecular formula is C16H9BrClN5O2S. The third-order valence-corrected chi connectivity index (χ3v) is 4.82. The van der Waals surface area contributed by atoms with Crippen LogP contribution in [0.2, 0.25) is 5.02 Å². The first-order valence-electron chi connectivity index (χ1n) is 7.14. The number of fused-ring (bicyclic) bond motifs is 1. The second kappa shape index (κ2) is 7.53. The van der Waals surface area contributed by atoms with Crippen LogP contribution in [0.25, 0.3) is 10.9 Å². The first kappa shape index (κ1) is 18.5. The van der Waals surface area contributed by atoms with Crippen molar-refractivity contribution in [3.05, 3.63) is 55.8 Å². The second-order valence-corrected chi connectivity index (χ2v) is 7.19. The Balaban J connectivity index is 2.11. The first-order chi connectivity index (χ1) is 12.4. The number of H-pyrrole nitrogens is 1. The molecule has 0 aliphatic carbocycles. The lowest BCUT2D eigenvalue weighted by Gasteiger charge is -2.10. The molecule has 0 aliphatic rings. The molecular weight excluding hydrogens is 442 g/mol. The summed E-state index contributed by atoms with van der Waals surface area (Å²) in [6.45, 7) is 0. The minimum absolute atomic E-state index is 0.0279.